The van der Waals surface area contributed by atoms with Gasteiger partial charge in [0.15, 0.2) is 10.9 Å². The molecule has 0 N–H and O–H groups in total. The molecule has 0 fully saturated rings. The number of aryl methyl sites for hydroxylation is 2. The summed E-state index contributed by atoms with van der Waals surface area (Å²) in [7, 11) is 0. The van der Waals surface area contributed by atoms with Crippen LogP contribution in [-0.2, 0) is 0 Å². The second-order valence-electron chi connectivity index (χ2n) is 8.65. The highest BCUT2D eigenvalue weighted by Crippen LogP contribution is 2.26. The van der Waals surface area contributed by atoms with Gasteiger partial charge >= 0.3 is 0 Å². The number of carbonyl (C=O) groups excluding carboxylic acids is 1. The summed E-state index contributed by atoms with van der Waals surface area (Å²) in [6.45, 7) is 5.74. The molecule has 7 heteroatoms. The first-order valence-corrected chi connectivity index (χ1v) is 12.5. The van der Waals surface area contributed by atoms with Crippen molar-refractivity contribution in [3.05, 3.63) is 118 Å². The molecule has 0 bridgehead atoms. The normalized spacial score (nSPS) is 11.2. The van der Waals surface area contributed by atoms with Gasteiger partial charge in [0.05, 0.1) is 22.3 Å². The van der Waals surface area contributed by atoms with Crippen molar-refractivity contribution in [2.45, 2.75) is 25.9 Å². The van der Waals surface area contributed by atoms with Crippen LogP contribution >= 0.6 is 11.8 Å². The number of thioether (sulfide) groups is 1. The molecule has 2 aromatic heterocycles. The van der Waals surface area contributed by atoms with Crippen LogP contribution in [0.15, 0.2) is 88.8 Å². The van der Waals surface area contributed by atoms with Gasteiger partial charge in [-0.15, -0.1) is 0 Å². The van der Waals surface area contributed by atoms with Gasteiger partial charge in [-0.3, -0.25) is 14.2 Å². The molecule has 0 aliphatic carbocycles. The van der Waals surface area contributed by atoms with Crippen LogP contribution in [0.4, 0.5) is 4.39 Å². The van der Waals surface area contributed by atoms with E-state index in [1.54, 1.807) is 28.8 Å². The number of halogens is 1. The van der Waals surface area contributed by atoms with Crippen LogP contribution in [0.3, 0.4) is 0 Å². The zero-order valence-electron chi connectivity index (χ0n) is 20.2. The molecule has 0 amide bonds. The Morgan fingerprint density at radius 1 is 0.917 bits per heavy atom. The molecule has 0 radical (unpaired) electrons. The second-order valence-corrected chi connectivity index (χ2v) is 9.59. The molecule has 2 heterocycles. The van der Waals surface area contributed by atoms with Gasteiger partial charge in [-0.25, -0.2) is 9.37 Å². The maximum absolute atomic E-state index is 13.5. The monoisotopic (exact) mass is 497 g/mol. The quantitative estimate of drug-likeness (QED) is 0.159. The van der Waals surface area contributed by atoms with E-state index in [0.717, 1.165) is 28.3 Å². The number of para-hydroxylation sites is 2. The Hall–Kier alpha value is -3.97. The summed E-state index contributed by atoms with van der Waals surface area (Å²) in [4.78, 5) is 31.6. The molecular weight excluding hydrogens is 473 g/mol. The number of fused-ring (bicyclic) bond motifs is 1. The number of carbonyl (C=O) groups is 1. The molecule has 0 saturated heterocycles. The number of benzene rings is 3. The fraction of sp³-hybridized carbons (Fsp3) is 0.138. The first-order valence-electron chi connectivity index (χ1n) is 11.5. The Morgan fingerprint density at radius 3 is 2.36 bits per heavy atom. The van der Waals surface area contributed by atoms with Crippen LogP contribution in [0, 0.1) is 26.6 Å². The number of hydrogen-bond acceptors (Lipinski definition) is 4. The summed E-state index contributed by atoms with van der Waals surface area (Å²) >= 11 is 1.25. The lowest BCUT2D eigenvalue weighted by molar-refractivity contribution is 0.102. The highest BCUT2D eigenvalue weighted by Gasteiger charge is 2.20. The molecule has 0 atom stereocenters. The van der Waals surface area contributed by atoms with Crippen LogP contribution in [0.5, 0.6) is 0 Å². The van der Waals surface area contributed by atoms with Crippen molar-refractivity contribution in [1.82, 2.24) is 14.1 Å². The van der Waals surface area contributed by atoms with E-state index in [-0.39, 0.29) is 22.9 Å². The summed E-state index contributed by atoms with van der Waals surface area (Å²) in [5.74, 6) is -0.263. The molecule has 5 aromatic rings. The van der Waals surface area contributed by atoms with Crippen molar-refractivity contribution in [3.63, 3.8) is 0 Å². The van der Waals surface area contributed by atoms with Crippen molar-refractivity contribution >= 4 is 28.4 Å². The first-order chi connectivity index (χ1) is 17.3. The van der Waals surface area contributed by atoms with E-state index in [4.69, 9.17) is 4.98 Å². The van der Waals surface area contributed by atoms with E-state index in [9.17, 15) is 14.0 Å². The average molecular weight is 498 g/mol. The molecule has 0 spiro atoms. The molecular formula is C29H24FN3O2S. The maximum atomic E-state index is 13.5. The lowest BCUT2D eigenvalue weighted by Gasteiger charge is -2.15. The largest absolute Gasteiger partial charge is 0.318 e. The minimum absolute atomic E-state index is 0.0693. The smallest absolute Gasteiger partial charge is 0.266 e. The topological polar surface area (TPSA) is 56.9 Å². The number of rotatable bonds is 6. The van der Waals surface area contributed by atoms with E-state index in [0.29, 0.717) is 21.6 Å². The van der Waals surface area contributed by atoms with E-state index in [1.807, 2.05) is 67.8 Å². The Labute approximate surface area is 212 Å². The third-order valence-electron chi connectivity index (χ3n) is 6.25. The lowest BCUT2D eigenvalue weighted by Crippen LogP contribution is -2.23. The van der Waals surface area contributed by atoms with Crippen LogP contribution in [0.2, 0.25) is 0 Å². The summed E-state index contributed by atoms with van der Waals surface area (Å²) in [6, 6.07) is 22.9. The number of hydrogen-bond donors (Lipinski definition) is 0. The Balaban J connectivity index is 1.52. The van der Waals surface area contributed by atoms with Crippen molar-refractivity contribution in [2.24, 2.45) is 0 Å². The minimum Gasteiger partial charge on any atom is -0.318 e. The van der Waals surface area contributed by atoms with Crippen molar-refractivity contribution in [2.75, 3.05) is 5.75 Å². The SMILES string of the molecule is Cc1ccccc1-n1c(SCC(=O)c2cc(C)n(-c3ccc(F)cc3)c2C)nc2ccccc2c1=O. The molecule has 5 rings (SSSR count). The first kappa shape index (κ1) is 23.8. The standard InChI is InChI=1S/C29H24FN3O2S/c1-18-8-4-7-11-26(18)33-28(35)23-9-5-6-10-25(23)31-29(33)36-17-27(34)24-16-19(2)32(20(24)3)22-14-12-21(30)13-15-22/h4-16H,17H2,1-3H3. The molecule has 180 valence electrons. The summed E-state index contributed by atoms with van der Waals surface area (Å²) in [5.41, 5.74) is 5.16. The van der Waals surface area contributed by atoms with Crippen molar-refractivity contribution in [3.8, 4) is 11.4 Å². The maximum Gasteiger partial charge on any atom is 0.266 e. The average Bonchev–Trinajstić information content (AvgIpc) is 3.17. The van der Waals surface area contributed by atoms with Crippen LogP contribution < -0.4 is 5.56 Å². The second kappa shape index (κ2) is 9.59. The fourth-order valence-electron chi connectivity index (χ4n) is 4.48. The van der Waals surface area contributed by atoms with Gasteiger partial charge in [0, 0.05) is 22.6 Å². The number of nitrogens with zero attached hydrogens (tertiary/aromatic N) is 3. The molecule has 5 nitrogen and oxygen atoms in total. The van der Waals surface area contributed by atoms with Gasteiger partial charge in [0.1, 0.15) is 5.82 Å². The van der Waals surface area contributed by atoms with E-state index >= 15 is 0 Å². The van der Waals surface area contributed by atoms with Gasteiger partial charge in [-0.1, -0.05) is 42.1 Å². The molecule has 3 aromatic carbocycles. The highest BCUT2D eigenvalue weighted by atomic mass is 32.2. The number of ketones is 1. The van der Waals surface area contributed by atoms with Crippen LogP contribution in [0.25, 0.3) is 22.3 Å². The van der Waals surface area contributed by atoms with Gasteiger partial charge in [0.25, 0.3) is 5.56 Å². The summed E-state index contributed by atoms with van der Waals surface area (Å²) in [6.07, 6.45) is 0. The Morgan fingerprint density at radius 2 is 1.61 bits per heavy atom. The van der Waals surface area contributed by atoms with Gasteiger partial charge in [0.2, 0.25) is 0 Å². The van der Waals surface area contributed by atoms with Crippen molar-refractivity contribution < 1.29 is 9.18 Å². The van der Waals surface area contributed by atoms with Gasteiger partial charge in [-0.05, 0) is 74.9 Å². The predicted octanol–water partition coefficient (Wildman–Crippen LogP) is 6.22. The molecule has 0 aliphatic rings. The summed E-state index contributed by atoms with van der Waals surface area (Å²) in [5, 5.41) is 0.993. The van der Waals surface area contributed by atoms with E-state index in [1.165, 1.54) is 23.9 Å². The minimum atomic E-state index is -0.309. The van der Waals surface area contributed by atoms with Gasteiger partial charge in [-0.2, -0.15) is 0 Å². The zero-order valence-corrected chi connectivity index (χ0v) is 21.0. The third-order valence-corrected chi connectivity index (χ3v) is 7.19. The molecule has 0 saturated carbocycles. The lowest BCUT2D eigenvalue weighted by atomic mass is 10.2. The molecule has 0 aliphatic heterocycles. The molecule has 0 unspecified atom stereocenters. The Kier molecular flexibility index (Phi) is 6.33. The predicted molar refractivity (Wildman–Crippen MR) is 142 cm³/mol. The van der Waals surface area contributed by atoms with Crippen LogP contribution in [-0.4, -0.2) is 25.7 Å². The number of Topliss-reactive ketones (excluding diaryl/α,β-unsaturated/α-hetero) is 1. The zero-order chi connectivity index (χ0) is 25.4. The fourth-order valence-corrected chi connectivity index (χ4v) is 5.37. The number of aromatic nitrogens is 3. The van der Waals surface area contributed by atoms with Crippen molar-refractivity contribution in [1.29, 1.82) is 0 Å². The summed E-state index contributed by atoms with van der Waals surface area (Å²) < 4.78 is 16.9. The van der Waals surface area contributed by atoms with E-state index < -0.39 is 0 Å². The third kappa shape index (κ3) is 4.27. The molecule has 36 heavy (non-hydrogen) atoms. The van der Waals surface area contributed by atoms with Gasteiger partial charge < -0.3 is 4.57 Å². The highest BCUT2D eigenvalue weighted by molar-refractivity contribution is 7.99. The Bertz CT molecular complexity index is 1670. The van der Waals surface area contributed by atoms with E-state index in [2.05, 4.69) is 0 Å². The van der Waals surface area contributed by atoms with Crippen LogP contribution in [0.1, 0.15) is 27.3 Å².